The SMILES string of the molecule is CCN(CCCO)c1ccc(F)cc1CN. The van der Waals surface area contributed by atoms with Crippen LogP contribution in [0.25, 0.3) is 0 Å². The Balaban J connectivity index is 2.90. The van der Waals surface area contributed by atoms with E-state index in [-0.39, 0.29) is 12.4 Å². The summed E-state index contributed by atoms with van der Waals surface area (Å²) in [5, 5.41) is 8.82. The fraction of sp³-hybridized carbons (Fsp3) is 0.500. The minimum Gasteiger partial charge on any atom is -0.396 e. The van der Waals surface area contributed by atoms with Crippen molar-refractivity contribution in [1.82, 2.24) is 0 Å². The number of rotatable bonds is 6. The van der Waals surface area contributed by atoms with E-state index in [9.17, 15) is 4.39 Å². The van der Waals surface area contributed by atoms with Gasteiger partial charge in [-0.15, -0.1) is 0 Å². The number of aliphatic hydroxyl groups is 1. The third-order valence-corrected chi connectivity index (χ3v) is 2.57. The first kappa shape index (κ1) is 12.9. The Morgan fingerprint density at radius 3 is 2.75 bits per heavy atom. The normalized spacial score (nSPS) is 10.5. The Hall–Kier alpha value is -1.13. The Morgan fingerprint density at radius 1 is 1.44 bits per heavy atom. The highest BCUT2D eigenvalue weighted by Gasteiger charge is 2.09. The maximum atomic E-state index is 13.0. The lowest BCUT2D eigenvalue weighted by molar-refractivity contribution is 0.289. The van der Waals surface area contributed by atoms with Gasteiger partial charge in [0, 0.05) is 31.9 Å². The molecule has 0 spiro atoms. The molecule has 0 bridgehead atoms. The Labute approximate surface area is 95.7 Å². The summed E-state index contributed by atoms with van der Waals surface area (Å²) in [5.41, 5.74) is 7.36. The number of benzene rings is 1. The van der Waals surface area contributed by atoms with Gasteiger partial charge in [0.1, 0.15) is 5.82 Å². The summed E-state index contributed by atoms with van der Waals surface area (Å²) < 4.78 is 13.0. The largest absolute Gasteiger partial charge is 0.396 e. The average Bonchev–Trinajstić information content (AvgIpc) is 2.31. The highest BCUT2D eigenvalue weighted by Crippen LogP contribution is 2.21. The summed E-state index contributed by atoms with van der Waals surface area (Å²) in [6.07, 6.45) is 0.704. The molecule has 3 nitrogen and oxygen atoms in total. The topological polar surface area (TPSA) is 49.5 Å². The van der Waals surface area contributed by atoms with Gasteiger partial charge in [0.25, 0.3) is 0 Å². The Bertz CT molecular complexity index is 331. The minimum absolute atomic E-state index is 0.162. The van der Waals surface area contributed by atoms with Crippen LogP contribution in [-0.2, 0) is 6.54 Å². The second-order valence-corrected chi connectivity index (χ2v) is 3.63. The first-order valence-corrected chi connectivity index (χ1v) is 5.57. The molecule has 0 radical (unpaired) electrons. The minimum atomic E-state index is -0.262. The van der Waals surface area contributed by atoms with Gasteiger partial charge in [0.05, 0.1) is 0 Å². The van der Waals surface area contributed by atoms with Crippen molar-refractivity contribution >= 4 is 5.69 Å². The molecular weight excluding hydrogens is 207 g/mol. The molecule has 0 unspecified atom stereocenters. The van der Waals surface area contributed by atoms with Crippen molar-refractivity contribution in [2.45, 2.75) is 19.9 Å². The van der Waals surface area contributed by atoms with Crippen LogP contribution in [0.15, 0.2) is 18.2 Å². The maximum Gasteiger partial charge on any atom is 0.123 e. The predicted octanol–water partition coefficient (Wildman–Crippen LogP) is 1.49. The van der Waals surface area contributed by atoms with E-state index in [1.54, 1.807) is 6.07 Å². The molecule has 0 amide bonds. The summed E-state index contributed by atoms with van der Waals surface area (Å²) in [5.74, 6) is -0.262. The summed E-state index contributed by atoms with van der Waals surface area (Å²) in [6.45, 7) is 4.09. The molecule has 3 N–H and O–H groups in total. The lowest BCUT2D eigenvalue weighted by Gasteiger charge is -2.25. The molecule has 0 saturated heterocycles. The van der Waals surface area contributed by atoms with Gasteiger partial charge in [-0.05, 0) is 37.1 Å². The molecule has 4 heteroatoms. The van der Waals surface area contributed by atoms with Crippen LogP contribution in [0.2, 0.25) is 0 Å². The molecule has 1 aromatic rings. The van der Waals surface area contributed by atoms with E-state index >= 15 is 0 Å². The van der Waals surface area contributed by atoms with Crippen LogP contribution in [0, 0.1) is 5.82 Å². The van der Waals surface area contributed by atoms with Gasteiger partial charge in [-0.1, -0.05) is 0 Å². The van der Waals surface area contributed by atoms with Crippen LogP contribution in [0.4, 0.5) is 10.1 Å². The monoisotopic (exact) mass is 226 g/mol. The van der Waals surface area contributed by atoms with E-state index in [2.05, 4.69) is 4.90 Å². The number of nitrogens with two attached hydrogens (primary N) is 1. The number of hydrogen-bond donors (Lipinski definition) is 2. The molecule has 0 atom stereocenters. The molecule has 1 aromatic carbocycles. The molecule has 0 fully saturated rings. The Morgan fingerprint density at radius 2 is 2.19 bits per heavy atom. The van der Waals surface area contributed by atoms with E-state index in [0.29, 0.717) is 13.0 Å². The Kier molecular flexibility index (Phi) is 5.22. The molecule has 0 heterocycles. The molecule has 0 aliphatic carbocycles. The van der Waals surface area contributed by atoms with E-state index in [1.165, 1.54) is 12.1 Å². The number of halogens is 1. The molecule has 1 rings (SSSR count). The molecule has 16 heavy (non-hydrogen) atoms. The molecule has 0 aromatic heterocycles. The van der Waals surface area contributed by atoms with E-state index in [4.69, 9.17) is 10.8 Å². The van der Waals surface area contributed by atoms with Crippen molar-refractivity contribution < 1.29 is 9.50 Å². The number of aliphatic hydroxyl groups excluding tert-OH is 1. The van der Waals surface area contributed by atoms with Gasteiger partial charge in [0.15, 0.2) is 0 Å². The molecule has 0 aliphatic heterocycles. The van der Waals surface area contributed by atoms with Gasteiger partial charge in [-0.25, -0.2) is 4.39 Å². The van der Waals surface area contributed by atoms with Gasteiger partial charge in [-0.3, -0.25) is 0 Å². The summed E-state index contributed by atoms with van der Waals surface area (Å²) in [7, 11) is 0. The van der Waals surface area contributed by atoms with Crippen molar-refractivity contribution in [2.24, 2.45) is 5.73 Å². The number of anilines is 1. The zero-order valence-corrected chi connectivity index (χ0v) is 9.62. The van der Waals surface area contributed by atoms with Gasteiger partial charge in [0.2, 0.25) is 0 Å². The molecular formula is C12H19FN2O. The summed E-state index contributed by atoms with van der Waals surface area (Å²) >= 11 is 0. The average molecular weight is 226 g/mol. The van der Waals surface area contributed by atoms with E-state index in [1.807, 2.05) is 6.92 Å². The lowest BCUT2D eigenvalue weighted by atomic mass is 10.1. The van der Waals surface area contributed by atoms with Gasteiger partial charge >= 0.3 is 0 Å². The van der Waals surface area contributed by atoms with Crippen LogP contribution in [0.5, 0.6) is 0 Å². The third-order valence-electron chi connectivity index (χ3n) is 2.57. The second-order valence-electron chi connectivity index (χ2n) is 3.63. The van der Waals surface area contributed by atoms with E-state index < -0.39 is 0 Å². The molecule has 90 valence electrons. The van der Waals surface area contributed by atoms with E-state index in [0.717, 1.165) is 24.3 Å². The zero-order valence-electron chi connectivity index (χ0n) is 9.62. The van der Waals surface area contributed by atoms with Crippen LogP contribution in [-0.4, -0.2) is 24.8 Å². The van der Waals surface area contributed by atoms with Crippen LogP contribution < -0.4 is 10.6 Å². The van der Waals surface area contributed by atoms with Gasteiger partial charge in [-0.2, -0.15) is 0 Å². The zero-order chi connectivity index (χ0) is 12.0. The third kappa shape index (κ3) is 3.18. The predicted molar refractivity (Wildman–Crippen MR) is 63.9 cm³/mol. The van der Waals surface area contributed by atoms with Gasteiger partial charge < -0.3 is 15.7 Å². The second kappa shape index (κ2) is 6.45. The maximum absolute atomic E-state index is 13.0. The van der Waals surface area contributed by atoms with Crippen molar-refractivity contribution in [2.75, 3.05) is 24.6 Å². The first-order valence-electron chi connectivity index (χ1n) is 5.57. The fourth-order valence-corrected chi connectivity index (χ4v) is 1.74. The van der Waals surface area contributed by atoms with Crippen molar-refractivity contribution in [3.63, 3.8) is 0 Å². The smallest absolute Gasteiger partial charge is 0.123 e. The summed E-state index contributed by atoms with van der Waals surface area (Å²) in [4.78, 5) is 2.10. The molecule has 0 saturated carbocycles. The van der Waals surface area contributed by atoms with Crippen molar-refractivity contribution in [3.05, 3.63) is 29.6 Å². The highest BCUT2D eigenvalue weighted by atomic mass is 19.1. The lowest BCUT2D eigenvalue weighted by Crippen LogP contribution is -2.26. The van der Waals surface area contributed by atoms with Crippen molar-refractivity contribution in [3.8, 4) is 0 Å². The number of nitrogens with zero attached hydrogens (tertiary/aromatic N) is 1. The standard InChI is InChI=1S/C12H19FN2O/c1-2-15(6-3-7-16)12-5-4-11(13)8-10(12)9-14/h4-5,8,16H,2-3,6-7,9,14H2,1H3. The number of hydrogen-bond acceptors (Lipinski definition) is 3. The van der Waals surface area contributed by atoms with Crippen LogP contribution in [0.1, 0.15) is 18.9 Å². The fourth-order valence-electron chi connectivity index (χ4n) is 1.74. The van der Waals surface area contributed by atoms with Crippen molar-refractivity contribution in [1.29, 1.82) is 0 Å². The summed E-state index contributed by atoms with van der Waals surface area (Å²) in [6, 6.07) is 4.66. The van der Waals surface area contributed by atoms with Crippen LogP contribution in [0.3, 0.4) is 0 Å². The highest BCUT2D eigenvalue weighted by molar-refractivity contribution is 5.53. The molecule has 0 aliphatic rings. The van der Waals surface area contributed by atoms with Crippen LogP contribution >= 0.6 is 0 Å². The quantitative estimate of drug-likeness (QED) is 0.772. The first-order chi connectivity index (χ1) is 7.72.